The number of aromatic nitrogens is 2. The summed E-state index contributed by atoms with van der Waals surface area (Å²) in [5.41, 5.74) is 1.95. The van der Waals surface area contributed by atoms with Crippen LogP contribution in [0.25, 0.3) is 22.0 Å². The van der Waals surface area contributed by atoms with Crippen molar-refractivity contribution in [3.05, 3.63) is 48.7 Å². The number of anilines is 1. The molecule has 0 atom stereocenters. The molecule has 2 aromatic heterocycles. The molecule has 3 heterocycles. The lowest BCUT2D eigenvalue weighted by Crippen LogP contribution is -2.46. The molecular weight excluding hydrogens is 364 g/mol. The zero-order chi connectivity index (χ0) is 20.1. The highest BCUT2D eigenvalue weighted by atomic mass is 16.5. The van der Waals surface area contributed by atoms with E-state index in [1.54, 1.807) is 13.3 Å². The standard InChI is InChI=1S/C23H28N4O2/c1-3-26-10-12-27(13-11-26)23-20-7-5-4-6-18(20)16-21(25-23)19-8-9-24-22(17-19)29-15-14-28-2/h4-9,16-17H,3,10-15H2,1-2H3. The number of rotatable bonds is 7. The van der Waals surface area contributed by atoms with Gasteiger partial charge in [-0.1, -0.05) is 31.2 Å². The lowest BCUT2D eigenvalue weighted by molar-refractivity contribution is 0.144. The molecule has 0 bridgehead atoms. The van der Waals surface area contributed by atoms with Gasteiger partial charge in [0.15, 0.2) is 0 Å². The van der Waals surface area contributed by atoms with Gasteiger partial charge < -0.3 is 19.3 Å². The van der Waals surface area contributed by atoms with Crippen molar-refractivity contribution in [1.82, 2.24) is 14.9 Å². The highest BCUT2D eigenvalue weighted by Crippen LogP contribution is 2.31. The minimum Gasteiger partial charge on any atom is -0.475 e. The second-order valence-corrected chi connectivity index (χ2v) is 7.20. The molecule has 6 heteroatoms. The third-order valence-electron chi connectivity index (χ3n) is 5.41. The predicted octanol–water partition coefficient (Wildman–Crippen LogP) is 3.46. The summed E-state index contributed by atoms with van der Waals surface area (Å²) in [5, 5.41) is 2.40. The maximum atomic E-state index is 5.69. The number of methoxy groups -OCH3 is 1. The minimum atomic E-state index is 0.477. The van der Waals surface area contributed by atoms with Crippen LogP contribution in [0.3, 0.4) is 0 Å². The van der Waals surface area contributed by atoms with Crippen molar-refractivity contribution >= 4 is 16.6 Å². The molecule has 0 unspecified atom stereocenters. The van der Waals surface area contributed by atoms with Gasteiger partial charge in [-0.05, 0) is 24.1 Å². The number of hydrogen-bond donors (Lipinski definition) is 0. The Kier molecular flexibility index (Phi) is 6.22. The topological polar surface area (TPSA) is 50.7 Å². The van der Waals surface area contributed by atoms with Gasteiger partial charge in [-0.15, -0.1) is 0 Å². The summed E-state index contributed by atoms with van der Waals surface area (Å²) in [7, 11) is 1.66. The van der Waals surface area contributed by atoms with Gasteiger partial charge in [0, 0.05) is 56.5 Å². The fourth-order valence-corrected chi connectivity index (χ4v) is 3.72. The van der Waals surface area contributed by atoms with Crippen LogP contribution in [-0.2, 0) is 4.74 Å². The quantitative estimate of drug-likeness (QED) is 0.574. The van der Waals surface area contributed by atoms with Crippen LogP contribution < -0.4 is 9.64 Å². The molecule has 152 valence electrons. The molecule has 0 spiro atoms. The highest BCUT2D eigenvalue weighted by Gasteiger charge is 2.20. The molecule has 6 nitrogen and oxygen atoms in total. The van der Waals surface area contributed by atoms with E-state index < -0.39 is 0 Å². The molecule has 3 aromatic rings. The normalized spacial score (nSPS) is 15.0. The Balaban J connectivity index is 1.68. The summed E-state index contributed by atoms with van der Waals surface area (Å²) in [6.45, 7) is 8.47. The minimum absolute atomic E-state index is 0.477. The summed E-state index contributed by atoms with van der Waals surface area (Å²) in [5.74, 6) is 1.65. The van der Waals surface area contributed by atoms with E-state index in [2.05, 4.69) is 52.0 Å². The van der Waals surface area contributed by atoms with E-state index in [1.807, 2.05) is 12.1 Å². The van der Waals surface area contributed by atoms with Gasteiger partial charge in [0.2, 0.25) is 5.88 Å². The average molecular weight is 393 g/mol. The number of benzene rings is 1. The third kappa shape index (κ3) is 4.49. The largest absolute Gasteiger partial charge is 0.475 e. The van der Waals surface area contributed by atoms with E-state index in [4.69, 9.17) is 14.5 Å². The van der Waals surface area contributed by atoms with Crippen molar-refractivity contribution in [2.45, 2.75) is 6.92 Å². The number of pyridine rings is 2. The number of likely N-dealkylation sites (N-methyl/N-ethyl adjacent to an activating group) is 1. The number of ether oxygens (including phenoxy) is 2. The smallest absolute Gasteiger partial charge is 0.213 e. The number of nitrogens with zero attached hydrogens (tertiary/aromatic N) is 4. The molecule has 29 heavy (non-hydrogen) atoms. The molecule has 0 saturated carbocycles. The van der Waals surface area contributed by atoms with Crippen molar-refractivity contribution in [3.8, 4) is 17.1 Å². The highest BCUT2D eigenvalue weighted by molar-refractivity contribution is 5.95. The maximum Gasteiger partial charge on any atom is 0.213 e. The van der Waals surface area contributed by atoms with Crippen molar-refractivity contribution in [2.75, 3.05) is 57.9 Å². The first kappa shape index (κ1) is 19.6. The Morgan fingerprint density at radius 1 is 1.00 bits per heavy atom. The van der Waals surface area contributed by atoms with Gasteiger partial charge in [0.25, 0.3) is 0 Å². The van der Waals surface area contributed by atoms with Crippen LogP contribution in [0, 0.1) is 0 Å². The summed E-state index contributed by atoms with van der Waals surface area (Å²) >= 11 is 0. The first-order chi connectivity index (χ1) is 14.3. The molecule has 1 aromatic carbocycles. The monoisotopic (exact) mass is 392 g/mol. The van der Waals surface area contributed by atoms with E-state index in [-0.39, 0.29) is 0 Å². The molecular formula is C23H28N4O2. The number of piperazine rings is 1. The zero-order valence-electron chi connectivity index (χ0n) is 17.2. The summed E-state index contributed by atoms with van der Waals surface area (Å²) in [6, 6.07) is 14.6. The van der Waals surface area contributed by atoms with Crippen molar-refractivity contribution in [1.29, 1.82) is 0 Å². The zero-order valence-corrected chi connectivity index (χ0v) is 17.2. The number of fused-ring (bicyclic) bond motifs is 1. The van der Waals surface area contributed by atoms with Gasteiger partial charge in [-0.3, -0.25) is 0 Å². The van der Waals surface area contributed by atoms with Gasteiger partial charge in [0.05, 0.1) is 12.3 Å². The third-order valence-corrected chi connectivity index (χ3v) is 5.41. The lowest BCUT2D eigenvalue weighted by Gasteiger charge is -2.35. The molecule has 1 aliphatic rings. The summed E-state index contributed by atoms with van der Waals surface area (Å²) < 4.78 is 10.7. The molecule has 0 aliphatic carbocycles. The maximum absolute atomic E-state index is 5.69. The van der Waals surface area contributed by atoms with E-state index in [0.717, 1.165) is 49.8 Å². The van der Waals surface area contributed by atoms with Crippen LogP contribution in [0.15, 0.2) is 48.7 Å². The Morgan fingerprint density at radius 3 is 2.62 bits per heavy atom. The first-order valence-electron chi connectivity index (χ1n) is 10.2. The van der Waals surface area contributed by atoms with Crippen LogP contribution in [0.4, 0.5) is 5.82 Å². The SMILES string of the molecule is CCN1CCN(c2nc(-c3ccnc(OCCOC)c3)cc3ccccc23)CC1. The molecule has 0 N–H and O–H groups in total. The second kappa shape index (κ2) is 9.20. The molecule has 0 amide bonds. The van der Waals surface area contributed by atoms with Crippen LogP contribution in [0.5, 0.6) is 5.88 Å². The second-order valence-electron chi connectivity index (χ2n) is 7.20. The molecule has 1 saturated heterocycles. The van der Waals surface area contributed by atoms with Gasteiger partial charge in [0.1, 0.15) is 12.4 Å². The van der Waals surface area contributed by atoms with Gasteiger partial charge in [-0.25, -0.2) is 9.97 Å². The van der Waals surface area contributed by atoms with Crippen molar-refractivity contribution in [3.63, 3.8) is 0 Å². The number of hydrogen-bond acceptors (Lipinski definition) is 6. The summed E-state index contributed by atoms with van der Waals surface area (Å²) in [6.07, 6.45) is 1.77. The predicted molar refractivity (Wildman–Crippen MR) is 117 cm³/mol. The van der Waals surface area contributed by atoms with E-state index in [9.17, 15) is 0 Å². The molecule has 1 fully saturated rings. The Morgan fingerprint density at radius 2 is 1.83 bits per heavy atom. The Hall–Kier alpha value is -2.70. The van der Waals surface area contributed by atoms with Crippen LogP contribution >= 0.6 is 0 Å². The molecule has 1 aliphatic heterocycles. The van der Waals surface area contributed by atoms with Crippen LogP contribution in [0.1, 0.15) is 6.92 Å². The summed E-state index contributed by atoms with van der Waals surface area (Å²) in [4.78, 5) is 14.3. The molecule has 4 rings (SSSR count). The van der Waals surface area contributed by atoms with Gasteiger partial charge >= 0.3 is 0 Å². The van der Waals surface area contributed by atoms with Crippen LogP contribution in [0.2, 0.25) is 0 Å². The van der Waals surface area contributed by atoms with Crippen molar-refractivity contribution < 1.29 is 9.47 Å². The van der Waals surface area contributed by atoms with Crippen molar-refractivity contribution in [2.24, 2.45) is 0 Å². The van der Waals surface area contributed by atoms with Gasteiger partial charge in [-0.2, -0.15) is 0 Å². The van der Waals surface area contributed by atoms with Crippen LogP contribution in [-0.4, -0.2) is 67.9 Å². The average Bonchev–Trinajstić information content (AvgIpc) is 2.79. The van der Waals surface area contributed by atoms with E-state index in [1.165, 1.54) is 10.8 Å². The fraction of sp³-hybridized carbons (Fsp3) is 0.391. The van der Waals surface area contributed by atoms with E-state index >= 15 is 0 Å². The Bertz CT molecular complexity index is 955. The Labute approximate surface area is 172 Å². The fourth-order valence-electron chi connectivity index (χ4n) is 3.72. The lowest BCUT2D eigenvalue weighted by atomic mass is 10.1. The molecule has 0 radical (unpaired) electrons. The van der Waals surface area contributed by atoms with E-state index in [0.29, 0.717) is 19.1 Å². The first-order valence-corrected chi connectivity index (χ1v) is 10.2.